The van der Waals surface area contributed by atoms with Gasteiger partial charge in [-0.05, 0) is 74.6 Å². The lowest BCUT2D eigenvalue weighted by molar-refractivity contribution is 0.607. The van der Waals surface area contributed by atoms with Crippen molar-refractivity contribution >= 4 is 27.6 Å². The summed E-state index contributed by atoms with van der Waals surface area (Å²) < 4.78 is 1.98. The minimum absolute atomic E-state index is 0.521. The summed E-state index contributed by atoms with van der Waals surface area (Å²) in [5.41, 5.74) is 9.72. The molecule has 3 N–H and O–H groups in total. The van der Waals surface area contributed by atoms with Crippen LogP contribution >= 0.6 is 0 Å². The Bertz CT molecular complexity index is 1750. The van der Waals surface area contributed by atoms with E-state index in [4.69, 9.17) is 9.97 Å². The zero-order chi connectivity index (χ0) is 26.9. The van der Waals surface area contributed by atoms with Crippen molar-refractivity contribution in [1.82, 2.24) is 40.0 Å². The monoisotopic (exact) mass is 516 g/mol. The van der Waals surface area contributed by atoms with Crippen LogP contribution in [0.25, 0.3) is 44.8 Å². The van der Waals surface area contributed by atoms with Crippen LogP contribution in [0, 0.1) is 12.8 Å². The minimum atomic E-state index is 0.521. The molecule has 196 valence electrons. The van der Waals surface area contributed by atoms with Crippen molar-refractivity contribution in [3.63, 3.8) is 0 Å². The fourth-order valence-corrected chi connectivity index (χ4v) is 5.30. The maximum Gasteiger partial charge on any atom is 0.161 e. The highest BCUT2D eigenvalue weighted by Crippen LogP contribution is 2.31. The van der Waals surface area contributed by atoms with Crippen LogP contribution in [0.4, 0.5) is 0 Å². The maximum atomic E-state index is 5.01. The number of imidazole rings is 2. The first-order valence-electron chi connectivity index (χ1n) is 13.4. The van der Waals surface area contributed by atoms with E-state index in [2.05, 4.69) is 50.8 Å². The molecule has 0 bridgehead atoms. The summed E-state index contributed by atoms with van der Waals surface area (Å²) in [5, 5.41) is 11.2. The normalized spacial score (nSPS) is 14.9. The van der Waals surface area contributed by atoms with Crippen molar-refractivity contribution in [1.29, 1.82) is 0 Å². The lowest BCUT2D eigenvalue weighted by atomic mass is 10.0. The molecule has 8 heteroatoms. The lowest BCUT2D eigenvalue weighted by Gasteiger charge is -2.16. The van der Waals surface area contributed by atoms with Gasteiger partial charge in [-0.15, -0.1) is 0 Å². The fourth-order valence-electron chi connectivity index (χ4n) is 5.30. The molecule has 0 aliphatic heterocycles. The van der Waals surface area contributed by atoms with Crippen molar-refractivity contribution < 1.29 is 0 Å². The van der Waals surface area contributed by atoms with Gasteiger partial charge in [-0.2, -0.15) is 5.10 Å². The Labute approximate surface area is 227 Å². The van der Waals surface area contributed by atoms with E-state index < -0.39 is 0 Å². The van der Waals surface area contributed by atoms with Crippen LogP contribution in [0.3, 0.4) is 0 Å². The van der Waals surface area contributed by atoms with Gasteiger partial charge < -0.3 is 14.9 Å². The van der Waals surface area contributed by atoms with E-state index in [-0.39, 0.29) is 0 Å². The first kappa shape index (κ1) is 24.6. The van der Waals surface area contributed by atoms with Gasteiger partial charge in [-0.3, -0.25) is 5.10 Å². The fraction of sp³-hybridized carbons (Fsp3) is 0.226. The van der Waals surface area contributed by atoms with Gasteiger partial charge >= 0.3 is 0 Å². The lowest BCUT2D eigenvalue weighted by Crippen LogP contribution is -2.16. The molecule has 1 aliphatic rings. The average molecular weight is 517 g/mol. The third-order valence-electron chi connectivity index (χ3n) is 7.40. The highest BCUT2D eigenvalue weighted by atomic mass is 15.2. The van der Waals surface area contributed by atoms with Crippen LogP contribution in [0.1, 0.15) is 44.0 Å². The molecule has 5 aromatic rings. The van der Waals surface area contributed by atoms with Gasteiger partial charge in [0.15, 0.2) is 11.5 Å². The summed E-state index contributed by atoms with van der Waals surface area (Å²) in [7, 11) is 0. The smallest absolute Gasteiger partial charge is 0.161 e. The van der Waals surface area contributed by atoms with Gasteiger partial charge in [0, 0.05) is 17.6 Å². The number of pyridine rings is 1. The summed E-state index contributed by atoms with van der Waals surface area (Å²) in [6, 6.07) is 10.1. The van der Waals surface area contributed by atoms with Crippen LogP contribution in [0.5, 0.6) is 0 Å². The van der Waals surface area contributed by atoms with Gasteiger partial charge in [-0.25, -0.2) is 15.0 Å². The van der Waals surface area contributed by atoms with E-state index in [9.17, 15) is 0 Å². The molecule has 0 atom stereocenters. The molecule has 0 radical (unpaired) electrons. The Morgan fingerprint density at radius 1 is 1.10 bits per heavy atom. The SMILES string of the molecule is C=C/C(=C\C(=C/C)c1ccc2[nH]nc(-c3nc4c(-n5cnc(C)c5)cccc4[nH]3)c2n1)NC(=C)C1CCCC1. The first-order valence-corrected chi connectivity index (χ1v) is 13.4. The number of benzene rings is 1. The van der Waals surface area contributed by atoms with Crippen molar-refractivity contribution in [3.05, 3.63) is 97.0 Å². The number of nitrogens with one attached hydrogen (secondary N) is 3. The standard InChI is InChI=1S/C31H32N8/c1-5-21(16-23(6-2)33-20(4)22-10-7-8-11-22)24-14-15-26-29(34-24)30(38-37-26)31-35-25-12-9-13-27(28(25)36-31)39-17-19(3)32-18-39/h5-6,9,12-18,22,33H,2,4,7-8,10-11H2,1,3H3,(H,35,36)(H,37,38)/b21-5+,23-16+. The number of aryl methyl sites for hydroxylation is 1. The van der Waals surface area contributed by atoms with Crippen LogP contribution in [-0.2, 0) is 0 Å². The van der Waals surface area contributed by atoms with Gasteiger partial charge in [0.2, 0.25) is 0 Å². The highest BCUT2D eigenvalue weighted by Gasteiger charge is 2.19. The highest BCUT2D eigenvalue weighted by molar-refractivity contribution is 5.93. The number of nitrogens with zero attached hydrogens (tertiary/aromatic N) is 5. The molecular formula is C31H32N8. The van der Waals surface area contributed by atoms with Crippen LogP contribution in [0.15, 0.2) is 85.6 Å². The largest absolute Gasteiger partial charge is 0.359 e. The zero-order valence-corrected chi connectivity index (χ0v) is 22.3. The molecule has 4 heterocycles. The molecular weight excluding hydrogens is 484 g/mol. The Balaban J connectivity index is 1.35. The van der Waals surface area contributed by atoms with Crippen molar-refractivity contribution in [3.8, 4) is 17.2 Å². The molecule has 8 nitrogen and oxygen atoms in total. The molecule has 1 fully saturated rings. The van der Waals surface area contributed by atoms with Crippen LogP contribution < -0.4 is 5.32 Å². The summed E-state index contributed by atoms with van der Waals surface area (Å²) in [6.45, 7) is 12.3. The number of rotatable bonds is 8. The number of aromatic amines is 2. The van der Waals surface area contributed by atoms with Gasteiger partial charge in [0.05, 0.1) is 34.4 Å². The molecule has 1 aliphatic carbocycles. The Morgan fingerprint density at radius 2 is 1.95 bits per heavy atom. The van der Waals surface area contributed by atoms with Crippen LogP contribution in [-0.4, -0.2) is 34.7 Å². The predicted molar refractivity (Wildman–Crippen MR) is 157 cm³/mol. The predicted octanol–water partition coefficient (Wildman–Crippen LogP) is 6.76. The molecule has 0 saturated heterocycles. The number of aromatic nitrogens is 7. The number of allylic oxidation sites excluding steroid dienone is 5. The van der Waals surface area contributed by atoms with E-state index in [1.54, 1.807) is 6.33 Å². The first-order chi connectivity index (χ1) is 19.0. The van der Waals surface area contributed by atoms with Crippen molar-refractivity contribution in [2.45, 2.75) is 39.5 Å². The van der Waals surface area contributed by atoms with E-state index in [1.165, 1.54) is 25.7 Å². The maximum absolute atomic E-state index is 5.01. The van der Waals surface area contributed by atoms with E-state index in [0.29, 0.717) is 17.4 Å². The second-order valence-corrected chi connectivity index (χ2v) is 10.0. The third-order valence-corrected chi connectivity index (χ3v) is 7.40. The van der Waals surface area contributed by atoms with Crippen molar-refractivity contribution in [2.75, 3.05) is 0 Å². The molecule has 0 spiro atoms. The van der Waals surface area contributed by atoms with Gasteiger partial charge in [0.1, 0.15) is 11.0 Å². The molecule has 0 amide bonds. The second kappa shape index (κ2) is 10.2. The topological polar surface area (TPSA) is 100 Å². The number of hydrogen-bond acceptors (Lipinski definition) is 5. The van der Waals surface area contributed by atoms with Gasteiger partial charge in [0.25, 0.3) is 0 Å². The van der Waals surface area contributed by atoms with Crippen molar-refractivity contribution in [2.24, 2.45) is 5.92 Å². The molecule has 1 saturated carbocycles. The number of hydrogen-bond donors (Lipinski definition) is 3. The molecule has 39 heavy (non-hydrogen) atoms. The summed E-state index contributed by atoms with van der Waals surface area (Å²) in [5.74, 6) is 1.18. The van der Waals surface area contributed by atoms with E-state index >= 15 is 0 Å². The zero-order valence-electron chi connectivity index (χ0n) is 22.3. The Kier molecular flexibility index (Phi) is 6.44. The average Bonchev–Trinajstić information content (AvgIpc) is 3.76. The van der Waals surface area contributed by atoms with E-state index in [1.807, 2.05) is 61.0 Å². The summed E-state index contributed by atoms with van der Waals surface area (Å²) in [6.07, 6.45) is 14.7. The van der Waals surface area contributed by atoms with Gasteiger partial charge in [-0.1, -0.05) is 38.1 Å². The second-order valence-electron chi connectivity index (χ2n) is 10.0. The number of para-hydroxylation sites is 1. The molecule has 6 rings (SSSR count). The summed E-state index contributed by atoms with van der Waals surface area (Å²) >= 11 is 0. The Morgan fingerprint density at radius 3 is 2.69 bits per heavy atom. The Hall–Kier alpha value is -4.72. The minimum Gasteiger partial charge on any atom is -0.359 e. The van der Waals surface area contributed by atoms with Crippen LogP contribution in [0.2, 0.25) is 0 Å². The number of H-pyrrole nitrogens is 2. The molecule has 1 aromatic carbocycles. The quantitative estimate of drug-likeness (QED) is 0.198. The third kappa shape index (κ3) is 4.69. The molecule has 0 unspecified atom stereocenters. The van der Waals surface area contributed by atoms with E-state index in [0.717, 1.165) is 56.1 Å². The summed E-state index contributed by atoms with van der Waals surface area (Å²) in [4.78, 5) is 17.7. The number of fused-ring (bicyclic) bond motifs is 2. The molecule has 4 aromatic heterocycles.